The van der Waals surface area contributed by atoms with Crippen LogP contribution in [0.15, 0.2) is 78.9 Å². The first-order chi connectivity index (χ1) is 24.2. The third kappa shape index (κ3) is 10.2. The number of fused-ring (bicyclic) bond motifs is 1. The van der Waals surface area contributed by atoms with Crippen molar-refractivity contribution in [2.24, 2.45) is 11.5 Å². The molecule has 4 atom stereocenters. The fourth-order valence-electron chi connectivity index (χ4n) is 5.93. The lowest BCUT2D eigenvalue weighted by molar-refractivity contribution is -0.142. The van der Waals surface area contributed by atoms with Gasteiger partial charge in [0.05, 0.1) is 41.6 Å². The van der Waals surface area contributed by atoms with E-state index in [2.05, 4.69) is 15.6 Å². The van der Waals surface area contributed by atoms with Gasteiger partial charge in [-0.1, -0.05) is 66.2 Å². The highest BCUT2D eigenvalue weighted by atomic mass is 35.5. The summed E-state index contributed by atoms with van der Waals surface area (Å²) in [6, 6.07) is 21.7. The number of para-hydroxylation sites is 1. The van der Waals surface area contributed by atoms with Crippen molar-refractivity contribution in [2.45, 2.75) is 75.9 Å². The fourth-order valence-corrected chi connectivity index (χ4v) is 6.97. The first-order valence-corrected chi connectivity index (χ1v) is 18.0. The Morgan fingerprint density at radius 1 is 0.960 bits per heavy atom. The second-order valence-electron chi connectivity index (χ2n) is 12.4. The molecule has 2 heterocycles. The molecule has 4 aromatic rings. The van der Waals surface area contributed by atoms with Crippen LogP contribution in [0.25, 0.3) is 10.2 Å². The van der Waals surface area contributed by atoms with Crippen LogP contribution in [-0.2, 0) is 43.5 Å². The number of nitrogens with two attached hydrogens (primary N) is 2. The monoisotopic (exact) mass is 718 g/mol. The summed E-state index contributed by atoms with van der Waals surface area (Å²) in [5, 5.41) is 6.71. The third-order valence-electron chi connectivity index (χ3n) is 8.69. The van der Waals surface area contributed by atoms with Crippen LogP contribution < -0.4 is 22.1 Å². The van der Waals surface area contributed by atoms with Gasteiger partial charge in [-0.2, -0.15) is 0 Å². The largest absolute Gasteiger partial charge is 0.372 e. The minimum Gasteiger partial charge on any atom is -0.372 e. The topological polar surface area (TPSA) is 170 Å². The summed E-state index contributed by atoms with van der Waals surface area (Å²) in [5.74, 6) is -2.52. The number of carbonyl (C=O) groups is 4. The number of rotatable bonds is 17. The molecule has 1 aromatic heterocycles. The molecule has 0 saturated carbocycles. The number of thiazole rings is 1. The summed E-state index contributed by atoms with van der Waals surface area (Å²) in [5.41, 5.74) is 14.9. The molecule has 13 heteroatoms. The van der Waals surface area contributed by atoms with Crippen molar-refractivity contribution < 1.29 is 23.9 Å². The molecule has 6 N–H and O–H groups in total. The standard InChI is InChI=1S/C37H43ClN6O5S/c38-26-16-13-25(14-17-26)23-49-27-20-31(44(22-27)37(48)28(40)18-15-24-8-2-1-3-9-24)35(46)43-30(11-6-7-19-39)34(45)36(47)41-21-33-42-29-10-4-5-12-32(29)50-33/h1-5,8-10,12-14,16-17,27-28,30-31H,6-7,11,15,18-23,39-40H2,(H,41,47)(H,43,46)/t27-,28-,30+,31?/m1/s1. The zero-order valence-electron chi connectivity index (χ0n) is 27.8. The number of hydrogen-bond acceptors (Lipinski definition) is 9. The van der Waals surface area contributed by atoms with E-state index >= 15 is 0 Å². The Morgan fingerprint density at radius 3 is 2.44 bits per heavy atom. The normalized spacial score (nSPS) is 17.0. The number of aromatic nitrogens is 1. The van der Waals surface area contributed by atoms with Gasteiger partial charge in [0, 0.05) is 18.0 Å². The molecule has 11 nitrogen and oxygen atoms in total. The summed E-state index contributed by atoms with van der Waals surface area (Å²) >= 11 is 7.45. The van der Waals surface area contributed by atoms with Crippen LogP contribution in [0.3, 0.4) is 0 Å². The van der Waals surface area contributed by atoms with Crippen molar-refractivity contribution in [3.8, 4) is 0 Å². The molecular formula is C37H43ClN6O5S. The number of aryl methyl sites for hydroxylation is 1. The summed E-state index contributed by atoms with van der Waals surface area (Å²) in [4.78, 5) is 60.2. The average Bonchev–Trinajstić information content (AvgIpc) is 3.76. The molecule has 5 rings (SSSR count). The number of amides is 3. The maximum atomic E-state index is 13.9. The number of halogens is 1. The number of carbonyl (C=O) groups excluding carboxylic acids is 4. The number of likely N-dealkylation sites (tertiary alicyclic amines) is 1. The Kier molecular flexibility index (Phi) is 13.5. The third-order valence-corrected chi connectivity index (χ3v) is 9.98. The summed E-state index contributed by atoms with van der Waals surface area (Å²) in [7, 11) is 0. The molecule has 0 aliphatic carbocycles. The van der Waals surface area contributed by atoms with Crippen LogP contribution in [0, 0.1) is 0 Å². The van der Waals surface area contributed by atoms with Gasteiger partial charge >= 0.3 is 0 Å². The fraction of sp³-hybridized carbons (Fsp3) is 0.378. The Labute approximate surface area is 300 Å². The summed E-state index contributed by atoms with van der Waals surface area (Å²) in [6.45, 7) is 0.883. The number of nitrogens with one attached hydrogen (secondary N) is 2. The molecule has 1 aliphatic heterocycles. The Balaban J connectivity index is 1.26. The lowest BCUT2D eigenvalue weighted by atomic mass is 10.0. The lowest BCUT2D eigenvalue weighted by Gasteiger charge is -2.28. The molecule has 1 unspecified atom stereocenters. The van der Waals surface area contributed by atoms with Crippen molar-refractivity contribution in [2.75, 3.05) is 13.1 Å². The van der Waals surface area contributed by atoms with Crippen LogP contribution in [0.4, 0.5) is 0 Å². The van der Waals surface area contributed by atoms with Crippen molar-refractivity contribution >= 4 is 56.7 Å². The summed E-state index contributed by atoms with van der Waals surface area (Å²) < 4.78 is 7.13. The maximum Gasteiger partial charge on any atom is 0.289 e. The van der Waals surface area contributed by atoms with Gasteiger partial charge in [-0.05, 0) is 74.0 Å². The minimum absolute atomic E-state index is 0.0752. The second kappa shape index (κ2) is 18.2. The van der Waals surface area contributed by atoms with E-state index in [9.17, 15) is 19.2 Å². The van der Waals surface area contributed by atoms with Crippen LogP contribution in [-0.4, -0.2) is 70.7 Å². The molecule has 0 spiro atoms. The number of ether oxygens (including phenoxy) is 1. The number of unbranched alkanes of at least 4 members (excludes halogenated alkanes) is 1. The van der Waals surface area contributed by atoms with Gasteiger partial charge in [-0.25, -0.2) is 4.98 Å². The number of ketones is 1. The van der Waals surface area contributed by atoms with Gasteiger partial charge in [-0.15, -0.1) is 11.3 Å². The van der Waals surface area contributed by atoms with E-state index in [4.69, 9.17) is 27.8 Å². The molecule has 0 bridgehead atoms. The average molecular weight is 719 g/mol. The van der Waals surface area contributed by atoms with Crippen LogP contribution >= 0.6 is 22.9 Å². The predicted octanol–water partition coefficient (Wildman–Crippen LogP) is 3.90. The zero-order valence-corrected chi connectivity index (χ0v) is 29.3. The van der Waals surface area contributed by atoms with Crippen LogP contribution in [0.2, 0.25) is 5.02 Å². The molecule has 1 saturated heterocycles. The van der Waals surface area contributed by atoms with E-state index in [0.717, 1.165) is 21.3 Å². The number of Topliss-reactive ketones (excluding diaryl/α,β-unsaturated/α-hetero) is 1. The van der Waals surface area contributed by atoms with Gasteiger partial charge in [-0.3, -0.25) is 19.2 Å². The molecule has 1 aliphatic rings. The van der Waals surface area contributed by atoms with Crippen molar-refractivity contribution in [1.82, 2.24) is 20.5 Å². The van der Waals surface area contributed by atoms with Gasteiger partial charge in [0.15, 0.2) is 0 Å². The van der Waals surface area contributed by atoms with E-state index in [0.29, 0.717) is 42.3 Å². The molecular weight excluding hydrogens is 676 g/mol. The molecule has 3 aromatic carbocycles. The number of hydrogen-bond donors (Lipinski definition) is 4. The summed E-state index contributed by atoms with van der Waals surface area (Å²) in [6.07, 6.45) is 2.06. The van der Waals surface area contributed by atoms with Crippen LogP contribution in [0.5, 0.6) is 0 Å². The minimum atomic E-state index is -1.11. The van der Waals surface area contributed by atoms with E-state index < -0.39 is 41.8 Å². The molecule has 264 valence electrons. The quantitative estimate of drug-likeness (QED) is 0.0942. The first-order valence-electron chi connectivity index (χ1n) is 16.8. The highest BCUT2D eigenvalue weighted by Crippen LogP contribution is 2.25. The van der Waals surface area contributed by atoms with E-state index in [1.54, 1.807) is 12.1 Å². The van der Waals surface area contributed by atoms with Gasteiger partial charge in [0.2, 0.25) is 17.6 Å². The number of benzene rings is 3. The molecule has 0 radical (unpaired) electrons. The Bertz CT molecular complexity index is 1720. The van der Waals surface area contributed by atoms with E-state index in [1.807, 2.05) is 66.7 Å². The molecule has 1 fully saturated rings. The smallest absolute Gasteiger partial charge is 0.289 e. The predicted molar refractivity (Wildman–Crippen MR) is 194 cm³/mol. The van der Waals surface area contributed by atoms with Gasteiger partial charge in [0.1, 0.15) is 11.0 Å². The SMILES string of the molecule is NCCCC[C@H](NC(=O)C1C[C@@H](OCc2ccc(Cl)cc2)CN1C(=O)[C@H](N)CCc1ccccc1)C(=O)C(=O)NCc1nc2ccccc2s1. The Morgan fingerprint density at radius 2 is 1.70 bits per heavy atom. The van der Waals surface area contributed by atoms with Crippen molar-refractivity contribution in [3.05, 3.63) is 100 Å². The van der Waals surface area contributed by atoms with Crippen molar-refractivity contribution in [1.29, 1.82) is 0 Å². The van der Waals surface area contributed by atoms with Gasteiger partial charge < -0.3 is 31.7 Å². The van der Waals surface area contributed by atoms with Crippen LogP contribution in [0.1, 0.15) is 48.2 Å². The zero-order chi connectivity index (χ0) is 35.5. The second-order valence-corrected chi connectivity index (χ2v) is 14.0. The first kappa shape index (κ1) is 37.1. The van der Waals surface area contributed by atoms with Gasteiger partial charge in [0.25, 0.3) is 5.91 Å². The number of nitrogens with zero attached hydrogens (tertiary/aromatic N) is 2. The van der Waals surface area contributed by atoms with E-state index in [1.165, 1.54) is 16.2 Å². The highest BCUT2D eigenvalue weighted by Gasteiger charge is 2.42. The Hall–Kier alpha value is -4.20. The highest BCUT2D eigenvalue weighted by molar-refractivity contribution is 7.18. The van der Waals surface area contributed by atoms with Crippen molar-refractivity contribution in [3.63, 3.8) is 0 Å². The van der Waals surface area contributed by atoms with E-state index in [-0.39, 0.29) is 38.4 Å². The lowest BCUT2D eigenvalue weighted by Crippen LogP contribution is -2.55. The maximum absolute atomic E-state index is 13.9. The molecule has 50 heavy (non-hydrogen) atoms. The molecule has 3 amide bonds.